The van der Waals surface area contributed by atoms with E-state index in [1.165, 1.54) is 12.8 Å². The number of benzene rings is 1. The Labute approximate surface area is 153 Å². The van der Waals surface area contributed by atoms with Crippen LogP contribution in [-0.2, 0) is 9.59 Å². The topological polar surface area (TPSA) is 52.6 Å². The van der Waals surface area contributed by atoms with Crippen LogP contribution in [0.15, 0.2) is 18.2 Å². The van der Waals surface area contributed by atoms with Crippen molar-refractivity contribution in [1.82, 2.24) is 0 Å². The summed E-state index contributed by atoms with van der Waals surface area (Å²) in [5, 5.41) is 0.290. The van der Waals surface area contributed by atoms with Crippen LogP contribution < -0.4 is 9.47 Å². The molecule has 1 aromatic carbocycles. The van der Waals surface area contributed by atoms with E-state index in [1.807, 2.05) is 0 Å². The van der Waals surface area contributed by atoms with Gasteiger partial charge in [-0.05, 0) is 37.8 Å². The molecule has 0 heterocycles. The summed E-state index contributed by atoms with van der Waals surface area (Å²) in [6.45, 7) is 0. The Morgan fingerprint density at radius 1 is 0.800 bits per heavy atom. The fraction of sp³-hybridized carbons (Fsp3) is 0.600. The van der Waals surface area contributed by atoms with Gasteiger partial charge in [0, 0.05) is 6.07 Å². The summed E-state index contributed by atoms with van der Waals surface area (Å²) in [6, 6.07) is 4.79. The third-order valence-corrected chi connectivity index (χ3v) is 5.50. The molecule has 0 bridgehead atoms. The van der Waals surface area contributed by atoms with Gasteiger partial charge in [0.1, 0.15) is 11.5 Å². The van der Waals surface area contributed by atoms with E-state index in [0.29, 0.717) is 11.5 Å². The number of esters is 2. The van der Waals surface area contributed by atoms with Gasteiger partial charge in [0.15, 0.2) is 0 Å². The highest BCUT2D eigenvalue weighted by Crippen LogP contribution is 2.32. The monoisotopic (exact) mass is 364 g/mol. The first-order chi connectivity index (χ1) is 12.1. The molecule has 2 aliphatic rings. The van der Waals surface area contributed by atoms with Gasteiger partial charge in [0.2, 0.25) is 0 Å². The van der Waals surface area contributed by atoms with Crippen molar-refractivity contribution in [3.05, 3.63) is 23.2 Å². The normalized spacial score (nSPS) is 19.4. The van der Waals surface area contributed by atoms with Crippen LogP contribution in [0.2, 0.25) is 5.02 Å². The first kappa shape index (κ1) is 18.2. The van der Waals surface area contributed by atoms with Gasteiger partial charge in [0.25, 0.3) is 0 Å². The maximum Gasteiger partial charge on any atom is 0.314 e. The van der Waals surface area contributed by atoms with Crippen LogP contribution in [0.4, 0.5) is 0 Å². The van der Waals surface area contributed by atoms with E-state index < -0.39 is 0 Å². The van der Waals surface area contributed by atoms with Crippen LogP contribution in [0.3, 0.4) is 0 Å². The maximum atomic E-state index is 12.2. The third-order valence-electron chi connectivity index (χ3n) is 5.21. The Balaban J connectivity index is 1.58. The first-order valence-electron chi connectivity index (χ1n) is 9.36. The van der Waals surface area contributed by atoms with Gasteiger partial charge in [-0.25, -0.2) is 0 Å². The second-order valence-corrected chi connectivity index (χ2v) is 7.51. The van der Waals surface area contributed by atoms with Gasteiger partial charge in [-0.3, -0.25) is 9.59 Å². The zero-order chi connectivity index (χ0) is 17.6. The van der Waals surface area contributed by atoms with Gasteiger partial charge in [0.05, 0.1) is 16.9 Å². The SMILES string of the molecule is O=C(Oc1ccc(OC(=O)C2CCCCC2)c(Cl)c1)C1CCCCC1. The van der Waals surface area contributed by atoms with Crippen LogP contribution in [0.5, 0.6) is 11.5 Å². The van der Waals surface area contributed by atoms with E-state index in [4.69, 9.17) is 21.1 Å². The van der Waals surface area contributed by atoms with Crippen molar-refractivity contribution in [2.75, 3.05) is 0 Å². The molecule has 0 radical (unpaired) electrons. The molecule has 2 saturated carbocycles. The van der Waals surface area contributed by atoms with Crippen molar-refractivity contribution in [3.63, 3.8) is 0 Å². The molecule has 0 atom stereocenters. The molecule has 0 spiro atoms. The largest absolute Gasteiger partial charge is 0.426 e. The highest BCUT2D eigenvalue weighted by atomic mass is 35.5. The molecule has 2 fully saturated rings. The zero-order valence-corrected chi connectivity index (χ0v) is 15.2. The Morgan fingerprint density at radius 3 is 1.84 bits per heavy atom. The quantitative estimate of drug-likeness (QED) is 0.536. The molecule has 5 heteroatoms. The van der Waals surface area contributed by atoms with Gasteiger partial charge in [-0.1, -0.05) is 50.1 Å². The molecule has 25 heavy (non-hydrogen) atoms. The molecule has 0 N–H and O–H groups in total. The van der Waals surface area contributed by atoms with E-state index in [0.717, 1.165) is 51.4 Å². The lowest BCUT2D eigenvalue weighted by molar-refractivity contribution is -0.141. The summed E-state index contributed by atoms with van der Waals surface area (Å²) in [5.41, 5.74) is 0. The molecule has 0 aliphatic heterocycles. The highest BCUT2D eigenvalue weighted by Gasteiger charge is 2.25. The summed E-state index contributed by atoms with van der Waals surface area (Å²) < 4.78 is 10.9. The maximum absolute atomic E-state index is 12.2. The molecule has 0 saturated heterocycles. The van der Waals surface area contributed by atoms with Crippen molar-refractivity contribution in [3.8, 4) is 11.5 Å². The van der Waals surface area contributed by atoms with Crippen LogP contribution in [0.25, 0.3) is 0 Å². The van der Waals surface area contributed by atoms with E-state index in [1.54, 1.807) is 18.2 Å². The molecule has 136 valence electrons. The summed E-state index contributed by atoms with van der Waals surface area (Å²) in [7, 11) is 0. The van der Waals surface area contributed by atoms with Crippen LogP contribution in [0.1, 0.15) is 64.2 Å². The van der Waals surface area contributed by atoms with Gasteiger partial charge >= 0.3 is 11.9 Å². The molecular formula is C20H25ClO4. The number of carbonyl (C=O) groups is 2. The summed E-state index contributed by atoms with van der Waals surface area (Å²) >= 11 is 6.21. The zero-order valence-electron chi connectivity index (χ0n) is 14.5. The number of hydrogen-bond acceptors (Lipinski definition) is 4. The minimum Gasteiger partial charge on any atom is -0.426 e. The fourth-order valence-corrected chi connectivity index (χ4v) is 3.90. The molecule has 2 aliphatic carbocycles. The number of hydrogen-bond donors (Lipinski definition) is 0. The fourth-order valence-electron chi connectivity index (χ4n) is 3.70. The van der Waals surface area contributed by atoms with E-state index >= 15 is 0 Å². The molecule has 1 aromatic rings. The average molecular weight is 365 g/mol. The Hall–Kier alpha value is -1.55. The van der Waals surface area contributed by atoms with E-state index in [2.05, 4.69) is 0 Å². The second kappa shape index (κ2) is 8.70. The summed E-state index contributed by atoms with van der Waals surface area (Å²) in [4.78, 5) is 24.4. The highest BCUT2D eigenvalue weighted by molar-refractivity contribution is 6.32. The predicted octanol–water partition coefficient (Wildman–Crippen LogP) is 5.31. The number of ether oxygens (including phenoxy) is 2. The lowest BCUT2D eigenvalue weighted by atomic mass is 9.89. The van der Waals surface area contributed by atoms with Crippen LogP contribution >= 0.6 is 11.6 Å². The predicted molar refractivity (Wildman–Crippen MR) is 95.9 cm³/mol. The Bertz CT molecular complexity index is 616. The Morgan fingerprint density at radius 2 is 1.32 bits per heavy atom. The lowest BCUT2D eigenvalue weighted by Crippen LogP contribution is -2.23. The van der Waals surface area contributed by atoms with Crippen molar-refractivity contribution >= 4 is 23.5 Å². The molecule has 0 unspecified atom stereocenters. The van der Waals surface area contributed by atoms with Crippen molar-refractivity contribution in [2.45, 2.75) is 64.2 Å². The van der Waals surface area contributed by atoms with Crippen LogP contribution in [0, 0.1) is 11.8 Å². The summed E-state index contributed by atoms with van der Waals surface area (Å²) in [6.07, 6.45) is 10.2. The Kier molecular flexibility index (Phi) is 6.35. The van der Waals surface area contributed by atoms with Crippen molar-refractivity contribution in [1.29, 1.82) is 0 Å². The van der Waals surface area contributed by atoms with E-state index in [9.17, 15) is 9.59 Å². The molecular weight excluding hydrogens is 340 g/mol. The number of rotatable bonds is 4. The van der Waals surface area contributed by atoms with E-state index in [-0.39, 0.29) is 28.8 Å². The molecule has 0 amide bonds. The minimum atomic E-state index is -0.214. The van der Waals surface area contributed by atoms with Crippen molar-refractivity contribution in [2.24, 2.45) is 11.8 Å². The minimum absolute atomic E-state index is 0.0173. The first-order valence-corrected chi connectivity index (χ1v) is 9.74. The van der Waals surface area contributed by atoms with Crippen LogP contribution in [-0.4, -0.2) is 11.9 Å². The molecule has 3 rings (SSSR count). The molecule has 4 nitrogen and oxygen atoms in total. The summed E-state index contributed by atoms with van der Waals surface area (Å²) in [5.74, 6) is 0.272. The third kappa shape index (κ3) is 4.97. The second-order valence-electron chi connectivity index (χ2n) is 7.10. The lowest BCUT2D eigenvalue weighted by Gasteiger charge is -2.21. The average Bonchev–Trinajstić information content (AvgIpc) is 2.65. The van der Waals surface area contributed by atoms with Crippen molar-refractivity contribution < 1.29 is 19.1 Å². The van der Waals surface area contributed by atoms with Gasteiger partial charge < -0.3 is 9.47 Å². The smallest absolute Gasteiger partial charge is 0.314 e. The number of halogens is 1. The van der Waals surface area contributed by atoms with Gasteiger partial charge in [-0.15, -0.1) is 0 Å². The van der Waals surface area contributed by atoms with Gasteiger partial charge in [-0.2, -0.15) is 0 Å². The number of carbonyl (C=O) groups excluding carboxylic acids is 2. The standard InChI is InChI=1S/C20H25ClO4/c21-17-13-16(24-19(22)14-7-3-1-4-8-14)11-12-18(17)25-20(23)15-9-5-2-6-10-15/h11-15H,1-10H2. The molecule has 0 aromatic heterocycles.